The molecule has 2 unspecified atom stereocenters. The number of hydrogen-bond donors (Lipinski definition) is 0. The van der Waals surface area contributed by atoms with Gasteiger partial charge in [-0.1, -0.05) is 19.8 Å². The summed E-state index contributed by atoms with van der Waals surface area (Å²) in [6.45, 7) is 5.36. The maximum atomic E-state index is 12.0. The molecule has 1 rings (SSSR count). The molecule has 0 spiro atoms. The maximum absolute atomic E-state index is 12.0. The normalized spacial score (nSPS) is 24.7. The van der Waals surface area contributed by atoms with Gasteiger partial charge >= 0.3 is 5.97 Å². The number of rotatable bonds is 5. The van der Waals surface area contributed by atoms with Gasteiger partial charge in [-0.2, -0.15) is 0 Å². The van der Waals surface area contributed by atoms with E-state index in [-0.39, 0.29) is 18.5 Å². The van der Waals surface area contributed by atoms with Gasteiger partial charge in [-0.15, -0.1) is 0 Å². The lowest BCUT2D eigenvalue weighted by Gasteiger charge is -2.28. The zero-order valence-corrected chi connectivity index (χ0v) is 11.8. The molecule has 1 fully saturated rings. The standard InChI is InChI=1S/C14H24O4/c1-10-6-5-7-11(8-10)18-9-12(15)14(2,3)13(16)17-4/h10-11H,5-9H2,1-4H3. The molecule has 0 amide bonds. The third-order valence-electron chi connectivity index (χ3n) is 3.73. The Balaban J connectivity index is 2.43. The number of hydrogen-bond acceptors (Lipinski definition) is 4. The summed E-state index contributed by atoms with van der Waals surface area (Å²) in [6.07, 6.45) is 4.57. The number of ether oxygens (including phenoxy) is 2. The quantitative estimate of drug-likeness (QED) is 0.559. The van der Waals surface area contributed by atoms with Crippen molar-refractivity contribution in [3.63, 3.8) is 0 Å². The molecule has 1 aliphatic carbocycles. The van der Waals surface area contributed by atoms with Crippen molar-refractivity contribution in [2.75, 3.05) is 13.7 Å². The SMILES string of the molecule is COC(=O)C(C)(C)C(=O)COC1CCCC(C)C1. The molecule has 0 heterocycles. The highest BCUT2D eigenvalue weighted by Crippen LogP contribution is 2.26. The van der Waals surface area contributed by atoms with Crippen LogP contribution in [0.5, 0.6) is 0 Å². The monoisotopic (exact) mass is 256 g/mol. The number of carbonyl (C=O) groups is 2. The highest BCUT2D eigenvalue weighted by molar-refractivity contribution is 6.03. The highest BCUT2D eigenvalue weighted by atomic mass is 16.5. The molecule has 4 heteroatoms. The Morgan fingerprint density at radius 2 is 1.94 bits per heavy atom. The van der Waals surface area contributed by atoms with Gasteiger partial charge in [-0.25, -0.2) is 0 Å². The zero-order chi connectivity index (χ0) is 13.8. The van der Waals surface area contributed by atoms with E-state index >= 15 is 0 Å². The summed E-state index contributed by atoms with van der Waals surface area (Å²) in [6, 6.07) is 0. The van der Waals surface area contributed by atoms with Gasteiger partial charge in [0.2, 0.25) is 0 Å². The van der Waals surface area contributed by atoms with Crippen LogP contribution in [0.4, 0.5) is 0 Å². The van der Waals surface area contributed by atoms with Crippen LogP contribution in [-0.4, -0.2) is 31.6 Å². The average Bonchev–Trinajstić information content (AvgIpc) is 2.34. The van der Waals surface area contributed by atoms with Crippen LogP contribution in [0.3, 0.4) is 0 Å². The van der Waals surface area contributed by atoms with Gasteiger partial charge in [-0.05, 0) is 32.6 Å². The summed E-state index contributed by atoms with van der Waals surface area (Å²) in [7, 11) is 1.29. The lowest BCUT2D eigenvalue weighted by Crippen LogP contribution is -2.38. The van der Waals surface area contributed by atoms with Gasteiger partial charge in [0.25, 0.3) is 0 Å². The number of carbonyl (C=O) groups excluding carboxylic acids is 2. The number of Topliss-reactive ketones (excluding diaryl/α,β-unsaturated/α-hetero) is 1. The smallest absolute Gasteiger partial charge is 0.318 e. The van der Waals surface area contributed by atoms with E-state index in [0.717, 1.165) is 19.3 Å². The minimum absolute atomic E-state index is 0.000509. The molecule has 0 aromatic heterocycles. The van der Waals surface area contributed by atoms with Crippen molar-refractivity contribution >= 4 is 11.8 Å². The van der Waals surface area contributed by atoms with Crippen molar-refractivity contribution in [3.8, 4) is 0 Å². The second kappa shape index (κ2) is 6.32. The summed E-state index contributed by atoms with van der Waals surface area (Å²) in [4.78, 5) is 23.4. The Hall–Kier alpha value is -0.900. The number of ketones is 1. The van der Waals surface area contributed by atoms with Crippen molar-refractivity contribution in [1.29, 1.82) is 0 Å². The molecule has 0 bridgehead atoms. The van der Waals surface area contributed by atoms with Crippen LogP contribution in [0.1, 0.15) is 46.5 Å². The fourth-order valence-electron chi connectivity index (χ4n) is 2.27. The van der Waals surface area contributed by atoms with Crippen molar-refractivity contribution in [2.45, 2.75) is 52.6 Å². The Morgan fingerprint density at radius 1 is 1.28 bits per heavy atom. The fourth-order valence-corrected chi connectivity index (χ4v) is 2.27. The molecule has 0 aromatic carbocycles. The lowest BCUT2D eigenvalue weighted by molar-refractivity contribution is -0.158. The minimum atomic E-state index is -1.12. The molecule has 0 radical (unpaired) electrons. The molecule has 4 nitrogen and oxygen atoms in total. The van der Waals surface area contributed by atoms with Crippen LogP contribution in [-0.2, 0) is 19.1 Å². The second-order valence-corrected chi connectivity index (χ2v) is 5.74. The number of esters is 1. The Labute approximate surface area is 109 Å². The van der Waals surface area contributed by atoms with Crippen LogP contribution in [0.2, 0.25) is 0 Å². The summed E-state index contributed by atoms with van der Waals surface area (Å²) in [5, 5.41) is 0. The van der Waals surface area contributed by atoms with Crippen molar-refractivity contribution in [1.82, 2.24) is 0 Å². The Morgan fingerprint density at radius 3 is 2.50 bits per heavy atom. The first-order valence-electron chi connectivity index (χ1n) is 6.61. The van der Waals surface area contributed by atoms with E-state index in [1.807, 2.05) is 0 Å². The second-order valence-electron chi connectivity index (χ2n) is 5.74. The predicted molar refractivity (Wildman–Crippen MR) is 68.2 cm³/mol. The van der Waals surface area contributed by atoms with Gasteiger partial charge in [0.05, 0.1) is 13.2 Å². The van der Waals surface area contributed by atoms with Crippen molar-refractivity contribution < 1.29 is 19.1 Å². The largest absolute Gasteiger partial charge is 0.468 e. The van der Waals surface area contributed by atoms with Crippen LogP contribution >= 0.6 is 0 Å². The molecule has 0 aromatic rings. The first-order valence-corrected chi connectivity index (χ1v) is 6.61. The first kappa shape index (κ1) is 15.2. The van der Waals surface area contributed by atoms with Crippen LogP contribution in [0.15, 0.2) is 0 Å². The van der Waals surface area contributed by atoms with Gasteiger partial charge in [0.15, 0.2) is 5.78 Å². The van der Waals surface area contributed by atoms with Gasteiger partial charge < -0.3 is 9.47 Å². The van der Waals surface area contributed by atoms with Gasteiger partial charge in [0, 0.05) is 0 Å². The van der Waals surface area contributed by atoms with Crippen LogP contribution in [0.25, 0.3) is 0 Å². The molecule has 104 valence electrons. The number of methoxy groups -OCH3 is 1. The molecule has 0 N–H and O–H groups in total. The van der Waals surface area contributed by atoms with Gasteiger partial charge in [-0.3, -0.25) is 9.59 Å². The molecule has 18 heavy (non-hydrogen) atoms. The van der Waals surface area contributed by atoms with Gasteiger partial charge in [0.1, 0.15) is 12.0 Å². The molecule has 1 saturated carbocycles. The van der Waals surface area contributed by atoms with E-state index in [4.69, 9.17) is 4.74 Å². The average molecular weight is 256 g/mol. The highest BCUT2D eigenvalue weighted by Gasteiger charge is 2.37. The molecule has 0 aliphatic heterocycles. The van der Waals surface area contributed by atoms with E-state index in [1.54, 1.807) is 13.8 Å². The summed E-state index contributed by atoms with van der Waals surface area (Å²) in [5.74, 6) is -0.0619. The maximum Gasteiger partial charge on any atom is 0.318 e. The minimum Gasteiger partial charge on any atom is -0.468 e. The molecule has 2 atom stereocenters. The van der Waals surface area contributed by atoms with E-state index in [1.165, 1.54) is 13.5 Å². The van der Waals surface area contributed by atoms with Crippen LogP contribution < -0.4 is 0 Å². The van der Waals surface area contributed by atoms with Crippen LogP contribution in [0, 0.1) is 11.3 Å². The first-order chi connectivity index (χ1) is 8.37. The lowest BCUT2D eigenvalue weighted by atomic mass is 9.87. The summed E-state index contributed by atoms with van der Waals surface area (Å²) >= 11 is 0. The van der Waals surface area contributed by atoms with E-state index < -0.39 is 11.4 Å². The third kappa shape index (κ3) is 3.80. The third-order valence-corrected chi connectivity index (χ3v) is 3.73. The molecular formula is C14H24O4. The summed E-state index contributed by atoms with van der Waals surface area (Å²) in [5.41, 5.74) is -1.12. The van der Waals surface area contributed by atoms with E-state index in [2.05, 4.69) is 11.7 Å². The van der Waals surface area contributed by atoms with E-state index in [0.29, 0.717) is 5.92 Å². The zero-order valence-electron chi connectivity index (χ0n) is 11.8. The van der Waals surface area contributed by atoms with Crippen molar-refractivity contribution in [2.24, 2.45) is 11.3 Å². The van der Waals surface area contributed by atoms with E-state index in [9.17, 15) is 9.59 Å². The topological polar surface area (TPSA) is 52.6 Å². The Kier molecular flexibility index (Phi) is 5.32. The molecule has 0 saturated heterocycles. The summed E-state index contributed by atoms with van der Waals surface area (Å²) < 4.78 is 10.3. The molecular weight excluding hydrogens is 232 g/mol. The predicted octanol–water partition coefficient (Wildman–Crippen LogP) is 2.35. The fraction of sp³-hybridized carbons (Fsp3) is 0.857. The molecule has 1 aliphatic rings. The Bertz CT molecular complexity index is 309. The van der Waals surface area contributed by atoms with Crippen molar-refractivity contribution in [3.05, 3.63) is 0 Å².